The summed E-state index contributed by atoms with van der Waals surface area (Å²) < 4.78 is 6.13. The molecule has 0 N–H and O–H groups in total. The number of carbonyl (C=O) groups is 1. The predicted molar refractivity (Wildman–Crippen MR) is 107 cm³/mol. The van der Waals surface area contributed by atoms with Gasteiger partial charge in [0.15, 0.2) is 12.0 Å². The van der Waals surface area contributed by atoms with Gasteiger partial charge in [-0.3, -0.25) is 4.79 Å². The molecule has 3 aromatic carbocycles. The minimum Gasteiger partial charge on any atom is -0.461 e. The van der Waals surface area contributed by atoms with E-state index in [1.54, 1.807) is 0 Å². The van der Waals surface area contributed by atoms with E-state index < -0.39 is 6.23 Å². The maximum absolute atomic E-state index is 11.8. The Morgan fingerprint density at radius 2 is 1.48 bits per heavy atom. The Kier molecular flexibility index (Phi) is 4.75. The first kappa shape index (κ1) is 17.1. The van der Waals surface area contributed by atoms with E-state index in [1.807, 2.05) is 53.4 Å². The van der Waals surface area contributed by atoms with E-state index in [-0.39, 0.29) is 0 Å². The van der Waals surface area contributed by atoms with Crippen molar-refractivity contribution in [3.8, 4) is 0 Å². The molecule has 0 saturated heterocycles. The minimum atomic E-state index is -0.642. The van der Waals surface area contributed by atoms with Gasteiger partial charge in [-0.1, -0.05) is 90.5 Å². The fraction of sp³-hybridized carbons (Fsp3) is 0.125. The van der Waals surface area contributed by atoms with Crippen molar-refractivity contribution < 1.29 is 9.53 Å². The van der Waals surface area contributed by atoms with E-state index in [1.165, 1.54) is 5.56 Å². The molecule has 1 unspecified atom stereocenters. The third kappa shape index (κ3) is 3.49. The van der Waals surface area contributed by atoms with Crippen LogP contribution in [0.2, 0.25) is 0 Å². The van der Waals surface area contributed by atoms with E-state index in [0.29, 0.717) is 6.54 Å². The van der Waals surface area contributed by atoms with Crippen LogP contribution in [-0.4, -0.2) is 17.4 Å². The van der Waals surface area contributed by atoms with Gasteiger partial charge in [0.25, 0.3) is 0 Å². The molecule has 0 amide bonds. The lowest BCUT2D eigenvalue weighted by atomic mass is 10.0. The molecule has 4 rings (SSSR count). The van der Waals surface area contributed by atoms with Crippen LogP contribution in [0.3, 0.4) is 0 Å². The number of hydrogen-bond donors (Lipinski definition) is 0. The van der Waals surface area contributed by atoms with E-state index >= 15 is 0 Å². The highest BCUT2D eigenvalue weighted by molar-refractivity contribution is 5.90. The van der Waals surface area contributed by atoms with Crippen LogP contribution in [0.5, 0.6) is 0 Å². The van der Waals surface area contributed by atoms with Gasteiger partial charge >= 0.3 is 0 Å². The van der Waals surface area contributed by atoms with E-state index in [0.717, 1.165) is 34.4 Å². The summed E-state index contributed by atoms with van der Waals surface area (Å²) in [6, 6.07) is 28.4. The Bertz CT molecular complexity index is 947. The lowest BCUT2D eigenvalue weighted by Gasteiger charge is -2.24. The molecule has 0 saturated carbocycles. The summed E-state index contributed by atoms with van der Waals surface area (Å²) in [5.41, 5.74) is 5.27. The van der Waals surface area contributed by atoms with Gasteiger partial charge in [-0.25, -0.2) is 0 Å². The molecular formula is C24H21NO2. The molecule has 0 fully saturated rings. The van der Waals surface area contributed by atoms with Crippen LogP contribution < -0.4 is 0 Å². The van der Waals surface area contributed by atoms with Crippen LogP contribution in [0.4, 0.5) is 0 Å². The van der Waals surface area contributed by atoms with Crippen molar-refractivity contribution in [2.75, 3.05) is 0 Å². The van der Waals surface area contributed by atoms with Crippen LogP contribution in [0.1, 0.15) is 22.3 Å². The van der Waals surface area contributed by atoms with Crippen LogP contribution in [0.25, 0.3) is 11.5 Å². The molecule has 27 heavy (non-hydrogen) atoms. The number of rotatable bonds is 5. The summed E-state index contributed by atoms with van der Waals surface area (Å²) in [6.07, 6.45) is 0.226. The summed E-state index contributed by atoms with van der Waals surface area (Å²) in [4.78, 5) is 13.9. The molecule has 1 atom stereocenters. The number of aldehydes is 1. The number of carbonyl (C=O) groups excluding carboxylic acids is 1. The molecule has 1 aliphatic heterocycles. The third-order valence-electron chi connectivity index (χ3n) is 4.72. The molecule has 3 aromatic rings. The second kappa shape index (κ2) is 7.50. The lowest BCUT2D eigenvalue weighted by molar-refractivity contribution is -0.119. The van der Waals surface area contributed by atoms with Gasteiger partial charge in [0.2, 0.25) is 6.23 Å². The number of hydrogen-bond acceptors (Lipinski definition) is 3. The van der Waals surface area contributed by atoms with Gasteiger partial charge in [-0.2, -0.15) is 0 Å². The van der Waals surface area contributed by atoms with Crippen molar-refractivity contribution in [1.82, 2.24) is 4.90 Å². The number of nitrogens with zero attached hydrogens (tertiary/aromatic N) is 1. The number of benzene rings is 3. The first-order valence-electron chi connectivity index (χ1n) is 9.05. The number of aryl methyl sites for hydroxylation is 1. The van der Waals surface area contributed by atoms with Gasteiger partial charge in [0.05, 0.1) is 5.70 Å². The Morgan fingerprint density at radius 1 is 0.852 bits per heavy atom. The highest BCUT2D eigenvalue weighted by atomic mass is 16.5. The van der Waals surface area contributed by atoms with Gasteiger partial charge < -0.3 is 9.64 Å². The molecule has 1 aliphatic rings. The van der Waals surface area contributed by atoms with Gasteiger partial charge in [-0.05, 0) is 12.5 Å². The normalized spacial score (nSPS) is 16.3. The highest BCUT2D eigenvalue weighted by Gasteiger charge is 2.34. The van der Waals surface area contributed by atoms with Crippen LogP contribution >= 0.6 is 0 Å². The van der Waals surface area contributed by atoms with Gasteiger partial charge in [-0.15, -0.1) is 0 Å². The zero-order chi connectivity index (χ0) is 18.6. The van der Waals surface area contributed by atoms with Crippen molar-refractivity contribution in [2.45, 2.75) is 19.7 Å². The monoisotopic (exact) mass is 355 g/mol. The maximum atomic E-state index is 11.8. The first-order valence-corrected chi connectivity index (χ1v) is 9.05. The molecule has 134 valence electrons. The topological polar surface area (TPSA) is 29.5 Å². The number of ether oxygens (including phenoxy) is 1. The van der Waals surface area contributed by atoms with Crippen molar-refractivity contribution in [1.29, 1.82) is 0 Å². The third-order valence-corrected chi connectivity index (χ3v) is 4.72. The second-order valence-corrected chi connectivity index (χ2v) is 6.67. The fourth-order valence-electron chi connectivity index (χ4n) is 3.35. The Balaban J connectivity index is 1.83. The van der Waals surface area contributed by atoms with Crippen molar-refractivity contribution in [2.24, 2.45) is 0 Å². The van der Waals surface area contributed by atoms with E-state index in [9.17, 15) is 4.79 Å². The Labute approximate surface area is 159 Å². The Hall–Kier alpha value is -3.33. The summed E-state index contributed by atoms with van der Waals surface area (Å²) in [5.74, 6) is 0.745. The lowest BCUT2D eigenvalue weighted by Crippen LogP contribution is -2.31. The van der Waals surface area contributed by atoms with Crippen molar-refractivity contribution >= 4 is 17.7 Å². The van der Waals surface area contributed by atoms with E-state index in [2.05, 4.69) is 43.3 Å². The van der Waals surface area contributed by atoms with Gasteiger partial charge in [0, 0.05) is 17.7 Å². The molecular weight excluding hydrogens is 334 g/mol. The quantitative estimate of drug-likeness (QED) is 0.611. The molecule has 0 bridgehead atoms. The maximum Gasteiger partial charge on any atom is 0.229 e. The average Bonchev–Trinajstić information content (AvgIpc) is 3.08. The molecule has 0 aromatic heterocycles. The summed E-state index contributed by atoms with van der Waals surface area (Å²) in [5, 5.41) is 0. The molecule has 3 heteroatoms. The molecule has 3 nitrogen and oxygen atoms in total. The van der Waals surface area contributed by atoms with E-state index in [4.69, 9.17) is 4.74 Å². The molecule has 0 spiro atoms. The first-order chi connectivity index (χ1) is 13.3. The Morgan fingerprint density at radius 3 is 2.11 bits per heavy atom. The molecule has 0 radical (unpaired) electrons. The van der Waals surface area contributed by atoms with Crippen molar-refractivity contribution in [3.63, 3.8) is 0 Å². The molecule has 0 aliphatic carbocycles. The second-order valence-electron chi connectivity index (χ2n) is 6.67. The van der Waals surface area contributed by atoms with Crippen molar-refractivity contribution in [3.05, 3.63) is 107 Å². The molecule has 1 heterocycles. The summed E-state index contributed by atoms with van der Waals surface area (Å²) in [7, 11) is 0. The minimum absolute atomic E-state index is 0.601. The van der Waals surface area contributed by atoms with Crippen LogP contribution in [0.15, 0.2) is 84.9 Å². The summed E-state index contributed by atoms with van der Waals surface area (Å²) in [6.45, 7) is 2.66. The zero-order valence-corrected chi connectivity index (χ0v) is 15.2. The SMILES string of the molecule is Cc1ccc(C2=C(c3ccccc3)N(Cc3ccccc3)C(C=O)O2)cc1. The largest absolute Gasteiger partial charge is 0.461 e. The predicted octanol–water partition coefficient (Wildman–Crippen LogP) is 4.88. The van der Waals surface area contributed by atoms with Crippen LogP contribution in [-0.2, 0) is 16.1 Å². The standard InChI is InChI=1S/C24H21NO2/c1-18-12-14-21(15-13-18)24-23(20-10-6-3-7-11-20)25(22(17-26)27-24)16-19-8-4-2-5-9-19/h2-15,17,22H,16H2,1H3. The zero-order valence-electron chi connectivity index (χ0n) is 15.2. The summed E-state index contributed by atoms with van der Waals surface area (Å²) >= 11 is 0. The van der Waals surface area contributed by atoms with Gasteiger partial charge in [0.1, 0.15) is 0 Å². The van der Waals surface area contributed by atoms with Crippen LogP contribution in [0, 0.1) is 6.92 Å². The smallest absolute Gasteiger partial charge is 0.229 e. The highest BCUT2D eigenvalue weighted by Crippen LogP contribution is 2.39. The average molecular weight is 355 g/mol. The fourth-order valence-corrected chi connectivity index (χ4v) is 3.35.